The van der Waals surface area contributed by atoms with Crippen molar-refractivity contribution in [3.8, 4) is 0 Å². The van der Waals surface area contributed by atoms with Crippen molar-refractivity contribution in [2.24, 2.45) is 5.73 Å². The molecule has 1 aromatic carbocycles. The van der Waals surface area contributed by atoms with Gasteiger partial charge in [0, 0.05) is 12.5 Å². The summed E-state index contributed by atoms with van der Waals surface area (Å²) < 4.78 is 35.8. The molecule has 1 rings (SSSR count). The van der Waals surface area contributed by atoms with Gasteiger partial charge in [-0.05, 0) is 25.3 Å². The van der Waals surface area contributed by atoms with Crippen molar-refractivity contribution in [2.45, 2.75) is 38.4 Å². The fourth-order valence-corrected chi connectivity index (χ4v) is 1.50. The van der Waals surface area contributed by atoms with Crippen LogP contribution in [0.25, 0.3) is 0 Å². The molecular weight excluding hydrogens is 215 g/mol. The van der Waals surface area contributed by atoms with E-state index < -0.39 is 12.6 Å². The molecule has 0 radical (unpaired) electrons. The molecule has 1 nitrogen and oxygen atoms in total. The maximum absolute atomic E-state index is 11.9. The minimum absolute atomic E-state index is 0.0819. The lowest BCUT2D eigenvalue weighted by Gasteiger charge is -2.13. The van der Waals surface area contributed by atoms with E-state index >= 15 is 0 Å². The van der Waals surface area contributed by atoms with E-state index in [0.29, 0.717) is 6.42 Å². The molecule has 0 aliphatic carbocycles. The molecule has 0 aliphatic rings. The maximum Gasteiger partial charge on any atom is 0.389 e. The number of halogens is 3. The lowest BCUT2D eigenvalue weighted by atomic mass is 10.0. The van der Waals surface area contributed by atoms with E-state index in [1.807, 2.05) is 31.2 Å². The third kappa shape index (κ3) is 4.66. The molecule has 2 N–H and O–H groups in total. The highest BCUT2D eigenvalue weighted by atomic mass is 19.4. The van der Waals surface area contributed by atoms with Crippen LogP contribution in [-0.2, 0) is 0 Å². The van der Waals surface area contributed by atoms with Gasteiger partial charge in [-0.1, -0.05) is 29.8 Å². The summed E-state index contributed by atoms with van der Waals surface area (Å²) in [7, 11) is 0. The van der Waals surface area contributed by atoms with Gasteiger partial charge in [0.25, 0.3) is 0 Å². The lowest BCUT2D eigenvalue weighted by Crippen LogP contribution is -2.13. The Kier molecular flexibility index (Phi) is 4.35. The van der Waals surface area contributed by atoms with Crippen molar-refractivity contribution in [1.82, 2.24) is 0 Å². The minimum atomic E-state index is -4.08. The summed E-state index contributed by atoms with van der Waals surface area (Å²) in [6.07, 6.45) is -4.39. The second-order valence-corrected chi connectivity index (χ2v) is 4.02. The van der Waals surface area contributed by atoms with Crippen LogP contribution in [0.5, 0.6) is 0 Å². The first-order valence-electron chi connectivity index (χ1n) is 5.27. The Hall–Kier alpha value is -1.03. The van der Waals surface area contributed by atoms with Gasteiger partial charge in [0.2, 0.25) is 0 Å². The zero-order valence-electron chi connectivity index (χ0n) is 9.22. The van der Waals surface area contributed by atoms with Crippen LogP contribution in [0.1, 0.15) is 36.4 Å². The Bertz CT molecular complexity index is 316. The fraction of sp³-hybridized carbons (Fsp3) is 0.500. The molecule has 4 heteroatoms. The Balaban J connectivity index is 2.41. The lowest BCUT2D eigenvalue weighted by molar-refractivity contribution is -0.135. The van der Waals surface area contributed by atoms with Crippen molar-refractivity contribution in [3.63, 3.8) is 0 Å². The van der Waals surface area contributed by atoms with Gasteiger partial charge in [0.1, 0.15) is 0 Å². The molecule has 0 heterocycles. The molecule has 1 aromatic rings. The zero-order chi connectivity index (χ0) is 12.2. The van der Waals surface area contributed by atoms with Gasteiger partial charge >= 0.3 is 6.18 Å². The quantitative estimate of drug-likeness (QED) is 0.839. The van der Waals surface area contributed by atoms with Crippen molar-refractivity contribution in [2.75, 3.05) is 0 Å². The molecule has 0 saturated heterocycles. The largest absolute Gasteiger partial charge is 0.389 e. The molecule has 0 saturated carbocycles. The second-order valence-electron chi connectivity index (χ2n) is 4.02. The van der Waals surface area contributed by atoms with E-state index in [4.69, 9.17) is 5.73 Å². The average molecular weight is 231 g/mol. The molecule has 16 heavy (non-hydrogen) atoms. The summed E-state index contributed by atoms with van der Waals surface area (Å²) in [5.74, 6) is 0. The van der Waals surface area contributed by atoms with E-state index in [-0.39, 0.29) is 12.5 Å². The van der Waals surface area contributed by atoms with Gasteiger partial charge in [-0.15, -0.1) is 0 Å². The first kappa shape index (κ1) is 13.0. The van der Waals surface area contributed by atoms with Crippen LogP contribution < -0.4 is 5.73 Å². The molecule has 90 valence electrons. The van der Waals surface area contributed by atoms with Crippen LogP contribution in [0, 0.1) is 6.92 Å². The number of rotatable bonds is 4. The van der Waals surface area contributed by atoms with E-state index in [1.165, 1.54) is 0 Å². The van der Waals surface area contributed by atoms with Gasteiger partial charge in [-0.3, -0.25) is 0 Å². The van der Waals surface area contributed by atoms with Crippen LogP contribution in [0.4, 0.5) is 13.2 Å². The highest BCUT2D eigenvalue weighted by Crippen LogP contribution is 2.25. The molecule has 1 unspecified atom stereocenters. The molecule has 0 spiro atoms. The molecule has 1 atom stereocenters. The smallest absolute Gasteiger partial charge is 0.324 e. The van der Waals surface area contributed by atoms with Gasteiger partial charge in [0.15, 0.2) is 0 Å². The number of hydrogen-bond acceptors (Lipinski definition) is 1. The molecule has 0 fully saturated rings. The summed E-state index contributed by atoms with van der Waals surface area (Å²) in [6, 6.07) is 7.27. The molecule has 0 aliphatic heterocycles. The van der Waals surface area contributed by atoms with E-state index in [9.17, 15) is 13.2 Å². The normalized spacial score (nSPS) is 13.8. The monoisotopic (exact) mass is 231 g/mol. The van der Waals surface area contributed by atoms with Crippen molar-refractivity contribution in [3.05, 3.63) is 35.4 Å². The average Bonchev–Trinajstić information content (AvgIpc) is 2.16. The summed E-state index contributed by atoms with van der Waals surface area (Å²) in [5, 5.41) is 0. The Morgan fingerprint density at radius 1 is 1.19 bits per heavy atom. The summed E-state index contributed by atoms with van der Waals surface area (Å²) >= 11 is 0. The predicted molar refractivity (Wildman–Crippen MR) is 58.0 cm³/mol. The van der Waals surface area contributed by atoms with Crippen LogP contribution >= 0.6 is 0 Å². The van der Waals surface area contributed by atoms with Gasteiger partial charge in [-0.2, -0.15) is 13.2 Å². The number of benzene rings is 1. The number of aryl methyl sites for hydroxylation is 1. The summed E-state index contributed by atoms with van der Waals surface area (Å²) in [4.78, 5) is 0. The van der Waals surface area contributed by atoms with E-state index in [1.54, 1.807) is 0 Å². The molecular formula is C12H16F3N. The van der Waals surface area contributed by atoms with Crippen molar-refractivity contribution in [1.29, 1.82) is 0 Å². The van der Waals surface area contributed by atoms with E-state index in [0.717, 1.165) is 11.1 Å². The minimum Gasteiger partial charge on any atom is -0.324 e. The van der Waals surface area contributed by atoms with Gasteiger partial charge in [0.05, 0.1) is 0 Å². The highest BCUT2D eigenvalue weighted by molar-refractivity contribution is 5.23. The number of nitrogens with two attached hydrogens (primary N) is 1. The third-order valence-electron chi connectivity index (χ3n) is 2.48. The predicted octanol–water partition coefficient (Wildman–Crippen LogP) is 3.73. The maximum atomic E-state index is 11.9. The number of hydrogen-bond donors (Lipinski definition) is 1. The Morgan fingerprint density at radius 3 is 2.25 bits per heavy atom. The summed E-state index contributed by atoms with van der Waals surface area (Å²) in [5.41, 5.74) is 7.82. The zero-order valence-corrected chi connectivity index (χ0v) is 9.22. The molecule has 0 aromatic heterocycles. The second kappa shape index (κ2) is 5.34. The van der Waals surface area contributed by atoms with E-state index in [2.05, 4.69) is 0 Å². The molecule has 0 amide bonds. The van der Waals surface area contributed by atoms with Crippen LogP contribution in [0.2, 0.25) is 0 Å². The van der Waals surface area contributed by atoms with Gasteiger partial charge in [-0.25, -0.2) is 0 Å². The van der Waals surface area contributed by atoms with Crippen molar-refractivity contribution < 1.29 is 13.2 Å². The topological polar surface area (TPSA) is 26.0 Å². The fourth-order valence-electron chi connectivity index (χ4n) is 1.50. The Morgan fingerprint density at radius 2 is 1.75 bits per heavy atom. The summed E-state index contributed by atoms with van der Waals surface area (Å²) in [6.45, 7) is 1.96. The SMILES string of the molecule is Cc1ccc(C(N)CCCC(F)(F)F)cc1. The van der Waals surface area contributed by atoms with Crippen LogP contribution in [-0.4, -0.2) is 6.18 Å². The van der Waals surface area contributed by atoms with Crippen LogP contribution in [0.3, 0.4) is 0 Å². The van der Waals surface area contributed by atoms with Gasteiger partial charge < -0.3 is 5.73 Å². The third-order valence-corrected chi connectivity index (χ3v) is 2.48. The van der Waals surface area contributed by atoms with Crippen molar-refractivity contribution >= 4 is 0 Å². The number of alkyl halides is 3. The van der Waals surface area contributed by atoms with Crippen LogP contribution in [0.15, 0.2) is 24.3 Å². The Labute approximate surface area is 93.5 Å². The molecule has 0 bridgehead atoms. The first-order valence-corrected chi connectivity index (χ1v) is 5.27. The standard InChI is InChI=1S/C12H16F3N/c1-9-4-6-10(7-5-9)11(16)3-2-8-12(13,14)15/h4-7,11H,2-3,8,16H2,1H3. The first-order chi connectivity index (χ1) is 7.38. The highest BCUT2D eigenvalue weighted by Gasteiger charge is 2.26.